The number of carbonyl (C=O) groups is 1. The fraction of sp³-hybridized carbons (Fsp3) is 0.200. The molecule has 0 aliphatic rings. The summed E-state index contributed by atoms with van der Waals surface area (Å²) in [6.45, 7) is 0.0400. The molecule has 0 saturated heterocycles. The van der Waals surface area contributed by atoms with E-state index in [0.29, 0.717) is 5.56 Å². The zero-order chi connectivity index (χ0) is 10.1. The molecule has 1 aromatic heterocycles. The Kier molecular flexibility index (Phi) is 2.05. The number of hydrogen-bond donors (Lipinski definition) is 1. The quantitative estimate of drug-likeness (QED) is 0.708. The van der Waals surface area contributed by atoms with E-state index >= 15 is 0 Å². The Hall–Kier alpha value is -1.68. The molecule has 0 aliphatic carbocycles. The van der Waals surface area contributed by atoms with Gasteiger partial charge in [-0.05, 0) is 18.2 Å². The van der Waals surface area contributed by atoms with Crippen LogP contribution in [0.2, 0.25) is 0 Å². The zero-order valence-corrected chi connectivity index (χ0v) is 7.90. The van der Waals surface area contributed by atoms with Crippen molar-refractivity contribution in [2.45, 2.75) is 0 Å². The van der Waals surface area contributed by atoms with Gasteiger partial charge < -0.3 is 10.3 Å². The van der Waals surface area contributed by atoms with Gasteiger partial charge in [0.25, 0.3) is 0 Å². The van der Waals surface area contributed by atoms with E-state index in [1.165, 1.54) is 0 Å². The summed E-state index contributed by atoms with van der Waals surface area (Å²) in [5, 5.41) is 0. The molecule has 0 atom stereocenters. The maximum absolute atomic E-state index is 11.3. The normalized spacial score (nSPS) is 10.7. The van der Waals surface area contributed by atoms with Gasteiger partial charge in [-0.1, -0.05) is 0 Å². The van der Waals surface area contributed by atoms with Gasteiger partial charge in [-0.15, -0.1) is 0 Å². The van der Waals surface area contributed by atoms with Gasteiger partial charge in [-0.3, -0.25) is 4.79 Å². The van der Waals surface area contributed by atoms with Crippen molar-refractivity contribution in [2.24, 2.45) is 12.8 Å². The number of imidazole rings is 1. The maximum Gasteiger partial charge on any atom is 0.176 e. The van der Waals surface area contributed by atoms with E-state index < -0.39 is 0 Å². The third-order valence-corrected chi connectivity index (χ3v) is 2.23. The topological polar surface area (TPSA) is 60.9 Å². The third kappa shape index (κ3) is 1.29. The summed E-state index contributed by atoms with van der Waals surface area (Å²) in [7, 11) is 1.92. The van der Waals surface area contributed by atoms with Crippen molar-refractivity contribution in [1.29, 1.82) is 0 Å². The minimum Gasteiger partial charge on any atom is -0.334 e. The van der Waals surface area contributed by atoms with E-state index in [4.69, 9.17) is 5.73 Å². The molecule has 2 rings (SSSR count). The SMILES string of the molecule is Cn1cnc2cc(C(=O)CN)ccc21. The third-order valence-electron chi connectivity index (χ3n) is 2.23. The number of benzene rings is 1. The van der Waals surface area contributed by atoms with Crippen LogP contribution in [0.1, 0.15) is 10.4 Å². The van der Waals surface area contributed by atoms with Gasteiger partial charge in [0.15, 0.2) is 5.78 Å². The summed E-state index contributed by atoms with van der Waals surface area (Å²) in [4.78, 5) is 15.5. The number of hydrogen-bond acceptors (Lipinski definition) is 3. The lowest BCUT2D eigenvalue weighted by Gasteiger charge is -1.98. The molecule has 0 unspecified atom stereocenters. The van der Waals surface area contributed by atoms with Crippen molar-refractivity contribution in [2.75, 3.05) is 6.54 Å². The first kappa shape index (κ1) is 8.90. The molecule has 2 N–H and O–H groups in total. The highest BCUT2D eigenvalue weighted by molar-refractivity contribution is 6.00. The van der Waals surface area contributed by atoms with Crippen LogP contribution in [-0.2, 0) is 7.05 Å². The zero-order valence-electron chi connectivity index (χ0n) is 7.90. The van der Waals surface area contributed by atoms with Gasteiger partial charge in [-0.25, -0.2) is 4.98 Å². The summed E-state index contributed by atoms with van der Waals surface area (Å²) in [5.41, 5.74) is 7.74. The molecule has 0 radical (unpaired) electrons. The number of Topliss-reactive ketones (excluding diaryl/α,β-unsaturated/α-hetero) is 1. The van der Waals surface area contributed by atoms with Gasteiger partial charge in [0.2, 0.25) is 0 Å². The van der Waals surface area contributed by atoms with Crippen LogP contribution in [0.4, 0.5) is 0 Å². The first-order chi connectivity index (χ1) is 6.72. The van der Waals surface area contributed by atoms with Crippen LogP contribution in [0.5, 0.6) is 0 Å². The van der Waals surface area contributed by atoms with Crippen molar-refractivity contribution < 1.29 is 4.79 Å². The first-order valence-electron chi connectivity index (χ1n) is 4.36. The largest absolute Gasteiger partial charge is 0.334 e. The van der Waals surface area contributed by atoms with Gasteiger partial charge in [0.05, 0.1) is 23.9 Å². The molecular formula is C10H11N3O. The van der Waals surface area contributed by atoms with E-state index in [-0.39, 0.29) is 12.3 Å². The maximum atomic E-state index is 11.3. The van der Waals surface area contributed by atoms with Crippen molar-refractivity contribution in [1.82, 2.24) is 9.55 Å². The van der Waals surface area contributed by atoms with Crippen molar-refractivity contribution >= 4 is 16.8 Å². The summed E-state index contributed by atoms with van der Waals surface area (Å²) >= 11 is 0. The number of rotatable bonds is 2. The van der Waals surface area contributed by atoms with Gasteiger partial charge >= 0.3 is 0 Å². The molecule has 4 heteroatoms. The Morgan fingerprint density at radius 3 is 3.07 bits per heavy atom. The van der Waals surface area contributed by atoms with Gasteiger partial charge in [-0.2, -0.15) is 0 Å². The molecule has 0 amide bonds. The summed E-state index contributed by atoms with van der Waals surface area (Å²) in [6, 6.07) is 5.43. The van der Waals surface area contributed by atoms with Crippen LogP contribution >= 0.6 is 0 Å². The molecule has 1 aromatic carbocycles. The van der Waals surface area contributed by atoms with Crippen LogP contribution in [0.3, 0.4) is 0 Å². The first-order valence-corrected chi connectivity index (χ1v) is 4.36. The van der Waals surface area contributed by atoms with Crippen molar-refractivity contribution in [3.05, 3.63) is 30.1 Å². The van der Waals surface area contributed by atoms with Crippen LogP contribution < -0.4 is 5.73 Å². The fourth-order valence-electron chi connectivity index (χ4n) is 1.43. The Labute approximate surface area is 81.3 Å². The second-order valence-electron chi connectivity index (χ2n) is 3.19. The molecule has 4 nitrogen and oxygen atoms in total. The highest BCUT2D eigenvalue weighted by Gasteiger charge is 2.05. The van der Waals surface area contributed by atoms with E-state index in [1.807, 2.05) is 17.7 Å². The Balaban J connectivity index is 2.57. The molecule has 0 aliphatic heterocycles. The summed E-state index contributed by atoms with van der Waals surface area (Å²) in [5.74, 6) is -0.0578. The second-order valence-corrected chi connectivity index (χ2v) is 3.19. The molecule has 0 saturated carbocycles. The van der Waals surface area contributed by atoms with Crippen LogP contribution in [0, 0.1) is 0 Å². The number of carbonyl (C=O) groups excluding carboxylic acids is 1. The smallest absolute Gasteiger partial charge is 0.176 e. The predicted octanol–water partition coefficient (Wildman–Crippen LogP) is 0.715. The number of aromatic nitrogens is 2. The van der Waals surface area contributed by atoms with E-state index in [2.05, 4.69) is 4.98 Å². The average molecular weight is 189 g/mol. The second kappa shape index (κ2) is 3.23. The number of nitrogens with zero attached hydrogens (tertiary/aromatic N) is 2. The van der Waals surface area contributed by atoms with Crippen molar-refractivity contribution in [3.63, 3.8) is 0 Å². The van der Waals surface area contributed by atoms with Crippen LogP contribution in [0.25, 0.3) is 11.0 Å². The molecule has 0 bridgehead atoms. The summed E-state index contributed by atoms with van der Waals surface area (Å²) < 4.78 is 1.91. The summed E-state index contributed by atoms with van der Waals surface area (Å²) in [6.07, 6.45) is 1.72. The van der Waals surface area contributed by atoms with Crippen LogP contribution in [-0.4, -0.2) is 21.9 Å². The van der Waals surface area contributed by atoms with E-state index in [9.17, 15) is 4.79 Å². The van der Waals surface area contributed by atoms with Crippen LogP contribution in [0.15, 0.2) is 24.5 Å². The fourth-order valence-corrected chi connectivity index (χ4v) is 1.43. The highest BCUT2D eigenvalue weighted by Crippen LogP contribution is 2.13. The molecule has 0 spiro atoms. The van der Waals surface area contributed by atoms with Gasteiger partial charge in [0.1, 0.15) is 0 Å². The molecule has 2 aromatic rings. The Morgan fingerprint density at radius 2 is 2.36 bits per heavy atom. The minimum absolute atomic E-state index is 0.0400. The van der Waals surface area contributed by atoms with Crippen molar-refractivity contribution in [3.8, 4) is 0 Å². The highest BCUT2D eigenvalue weighted by atomic mass is 16.1. The molecule has 0 fully saturated rings. The Bertz CT molecular complexity index is 487. The molecule has 14 heavy (non-hydrogen) atoms. The number of fused-ring (bicyclic) bond motifs is 1. The van der Waals surface area contributed by atoms with E-state index in [1.54, 1.807) is 18.5 Å². The molecular weight excluding hydrogens is 178 g/mol. The standard InChI is InChI=1S/C10H11N3O/c1-13-6-12-8-4-7(10(14)5-11)2-3-9(8)13/h2-4,6H,5,11H2,1H3. The number of ketones is 1. The predicted molar refractivity (Wildman–Crippen MR) is 54.1 cm³/mol. The lowest BCUT2D eigenvalue weighted by Crippen LogP contribution is -2.13. The lowest BCUT2D eigenvalue weighted by atomic mass is 10.1. The van der Waals surface area contributed by atoms with E-state index in [0.717, 1.165) is 11.0 Å². The molecule has 1 heterocycles. The average Bonchev–Trinajstić information content (AvgIpc) is 2.59. The van der Waals surface area contributed by atoms with Gasteiger partial charge in [0, 0.05) is 12.6 Å². The minimum atomic E-state index is -0.0578. The lowest BCUT2D eigenvalue weighted by molar-refractivity contribution is 0.100. The number of aryl methyl sites for hydroxylation is 1. The number of nitrogens with two attached hydrogens (primary N) is 1. The monoisotopic (exact) mass is 189 g/mol. The molecule has 72 valence electrons. The Morgan fingerprint density at radius 1 is 1.57 bits per heavy atom.